The first-order valence-corrected chi connectivity index (χ1v) is 9.75. The van der Waals surface area contributed by atoms with Crippen molar-refractivity contribution in [3.05, 3.63) is 83.3 Å². The predicted molar refractivity (Wildman–Crippen MR) is 120 cm³/mol. The number of halogens is 1. The van der Waals surface area contributed by atoms with E-state index in [1.54, 1.807) is 36.4 Å². The molecule has 0 fully saturated rings. The van der Waals surface area contributed by atoms with Gasteiger partial charge >= 0.3 is 6.03 Å². The van der Waals surface area contributed by atoms with Gasteiger partial charge in [-0.2, -0.15) is 0 Å². The number of fused-ring (bicyclic) bond motifs is 1. The number of anilines is 3. The number of hydrogen-bond donors (Lipinski definition) is 4. The van der Waals surface area contributed by atoms with Crippen LogP contribution in [0, 0.1) is 12.7 Å². The molecule has 0 bridgehead atoms. The minimum absolute atomic E-state index is 0.108. The van der Waals surface area contributed by atoms with Gasteiger partial charge in [0.25, 0.3) is 5.91 Å². The average Bonchev–Trinajstić information content (AvgIpc) is 3.25. The first kappa shape index (κ1) is 20.9. The van der Waals surface area contributed by atoms with Crippen molar-refractivity contribution in [2.45, 2.75) is 13.5 Å². The number of para-hydroxylation sites is 1. The van der Waals surface area contributed by atoms with E-state index in [1.165, 1.54) is 24.4 Å². The van der Waals surface area contributed by atoms with E-state index in [1.807, 2.05) is 6.92 Å². The third-order valence-electron chi connectivity index (χ3n) is 4.93. The van der Waals surface area contributed by atoms with Crippen molar-refractivity contribution in [2.75, 3.05) is 16.4 Å². The summed E-state index contributed by atoms with van der Waals surface area (Å²) in [7, 11) is 0. The number of urea groups is 1. The smallest absolute Gasteiger partial charge is 0.319 e. The van der Waals surface area contributed by atoms with E-state index in [4.69, 9.17) is 10.3 Å². The zero-order valence-electron chi connectivity index (χ0n) is 17.1. The van der Waals surface area contributed by atoms with E-state index < -0.39 is 11.8 Å². The van der Waals surface area contributed by atoms with Crippen LogP contribution in [0.1, 0.15) is 21.5 Å². The van der Waals surface area contributed by atoms with E-state index in [9.17, 15) is 14.0 Å². The molecular formula is C23H20FN5O3. The fourth-order valence-corrected chi connectivity index (χ4v) is 3.27. The molecule has 4 aromatic rings. The number of nitrogens with one attached hydrogen (secondary N) is 3. The number of carbonyl (C=O) groups excluding carboxylic acids is 2. The van der Waals surface area contributed by atoms with Crippen molar-refractivity contribution < 1.29 is 18.5 Å². The molecule has 0 saturated carbocycles. The largest absolute Gasteiger partial charge is 0.397 e. The maximum absolute atomic E-state index is 13.2. The van der Waals surface area contributed by atoms with Crippen LogP contribution in [0.15, 0.2) is 65.3 Å². The quantitative estimate of drug-likeness (QED) is 0.347. The van der Waals surface area contributed by atoms with E-state index >= 15 is 0 Å². The Balaban J connectivity index is 1.45. The standard InChI is InChI=1S/C23H20FN5O3/c1-13-8-9-17(18-12-27-32-21(13)18)22(30)29-19-7-2-4-14(20(19)25)11-26-23(31)28-16-6-3-5-15(24)10-16/h2-10,12H,11,25H2,1H3,(H,29,30)(H2,26,28,31). The maximum atomic E-state index is 13.2. The Morgan fingerprint density at radius 2 is 1.91 bits per heavy atom. The Hall–Kier alpha value is -4.40. The topological polar surface area (TPSA) is 122 Å². The number of aryl methyl sites for hydroxylation is 1. The van der Waals surface area contributed by atoms with Gasteiger partial charge in [0.1, 0.15) is 5.82 Å². The zero-order valence-corrected chi connectivity index (χ0v) is 17.1. The highest BCUT2D eigenvalue weighted by molar-refractivity contribution is 6.13. The first-order chi connectivity index (χ1) is 15.4. The van der Waals surface area contributed by atoms with Crippen LogP contribution in [0.25, 0.3) is 11.0 Å². The molecule has 32 heavy (non-hydrogen) atoms. The third-order valence-corrected chi connectivity index (χ3v) is 4.93. The van der Waals surface area contributed by atoms with Gasteiger partial charge in [-0.15, -0.1) is 0 Å². The second-order valence-corrected chi connectivity index (χ2v) is 7.15. The van der Waals surface area contributed by atoms with E-state index in [0.29, 0.717) is 39.2 Å². The molecule has 3 amide bonds. The molecule has 1 heterocycles. The number of amides is 3. The van der Waals surface area contributed by atoms with Crippen molar-refractivity contribution in [3.63, 3.8) is 0 Å². The number of nitrogens with two attached hydrogens (primary N) is 1. The molecule has 0 aliphatic carbocycles. The van der Waals surface area contributed by atoms with Crippen LogP contribution in [-0.4, -0.2) is 17.1 Å². The molecule has 0 aliphatic heterocycles. The first-order valence-electron chi connectivity index (χ1n) is 9.75. The van der Waals surface area contributed by atoms with Crippen molar-refractivity contribution in [1.29, 1.82) is 0 Å². The van der Waals surface area contributed by atoms with Gasteiger partial charge in [-0.25, -0.2) is 9.18 Å². The van der Waals surface area contributed by atoms with Crippen LogP contribution in [-0.2, 0) is 6.54 Å². The molecule has 0 radical (unpaired) electrons. The highest BCUT2D eigenvalue weighted by atomic mass is 19.1. The number of aromatic nitrogens is 1. The summed E-state index contributed by atoms with van der Waals surface area (Å²) < 4.78 is 18.5. The summed E-state index contributed by atoms with van der Waals surface area (Å²) in [6.07, 6.45) is 1.50. The van der Waals surface area contributed by atoms with Crippen molar-refractivity contribution >= 4 is 40.0 Å². The molecular weight excluding hydrogens is 413 g/mol. The van der Waals surface area contributed by atoms with E-state index in [0.717, 1.165) is 5.56 Å². The lowest BCUT2D eigenvalue weighted by atomic mass is 10.1. The molecule has 4 rings (SSSR count). The lowest BCUT2D eigenvalue weighted by molar-refractivity contribution is 0.102. The maximum Gasteiger partial charge on any atom is 0.319 e. The fourth-order valence-electron chi connectivity index (χ4n) is 3.27. The molecule has 162 valence electrons. The summed E-state index contributed by atoms with van der Waals surface area (Å²) in [6, 6.07) is 13.7. The predicted octanol–water partition coefficient (Wildman–Crippen LogP) is 4.43. The normalized spacial score (nSPS) is 10.7. The van der Waals surface area contributed by atoms with E-state index in [2.05, 4.69) is 21.1 Å². The van der Waals surface area contributed by atoms with Gasteiger partial charge in [0, 0.05) is 12.2 Å². The van der Waals surface area contributed by atoms with Crippen molar-refractivity contribution in [3.8, 4) is 0 Å². The van der Waals surface area contributed by atoms with Gasteiger partial charge in [0.05, 0.1) is 28.5 Å². The second kappa shape index (κ2) is 8.76. The van der Waals surface area contributed by atoms with Crippen LogP contribution >= 0.6 is 0 Å². The van der Waals surface area contributed by atoms with E-state index in [-0.39, 0.29) is 12.5 Å². The molecule has 0 saturated heterocycles. The van der Waals surface area contributed by atoms with Crippen LogP contribution in [0.5, 0.6) is 0 Å². The van der Waals surface area contributed by atoms with Gasteiger partial charge in [-0.1, -0.05) is 29.4 Å². The number of benzene rings is 3. The zero-order chi connectivity index (χ0) is 22.7. The molecule has 1 aromatic heterocycles. The van der Waals surface area contributed by atoms with Gasteiger partial charge in [0.2, 0.25) is 0 Å². The van der Waals surface area contributed by atoms with Gasteiger partial charge in [0.15, 0.2) is 5.58 Å². The molecule has 8 nitrogen and oxygen atoms in total. The Morgan fingerprint density at radius 3 is 2.72 bits per heavy atom. The third kappa shape index (κ3) is 4.36. The number of carbonyl (C=O) groups is 2. The Kier molecular flexibility index (Phi) is 5.71. The Labute approximate surface area is 182 Å². The van der Waals surface area contributed by atoms with Crippen LogP contribution < -0.4 is 21.7 Å². The van der Waals surface area contributed by atoms with Gasteiger partial charge in [-0.05, 0) is 48.4 Å². The lowest BCUT2D eigenvalue weighted by Gasteiger charge is -2.14. The number of nitrogen functional groups attached to an aromatic ring is 1. The van der Waals surface area contributed by atoms with Gasteiger partial charge < -0.3 is 26.2 Å². The average molecular weight is 433 g/mol. The Bertz CT molecular complexity index is 1320. The fraction of sp³-hybridized carbons (Fsp3) is 0.0870. The number of hydrogen-bond acceptors (Lipinski definition) is 5. The molecule has 5 N–H and O–H groups in total. The monoisotopic (exact) mass is 433 g/mol. The summed E-state index contributed by atoms with van der Waals surface area (Å²) >= 11 is 0. The molecule has 0 unspecified atom stereocenters. The molecule has 0 atom stereocenters. The van der Waals surface area contributed by atoms with Gasteiger partial charge in [-0.3, -0.25) is 4.79 Å². The summed E-state index contributed by atoms with van der Waals surface area (Å²) in [5.74, 6) is -0.814. The summed E-state index contributed by atoms with van der Waals surface area (Å²) in [5.41, 5.74) is 9.71. The second-order valence-electron chi connectivity index (χ2n) is 7.15. The van der Waals surface area contributed by atoms with Crippen LogP contribution in [0.2, 0.25) is 0 Å². The SMILES string of the molecule is Cc1ccc(C(=O)Nc2cccc(CNC(=O)Nc3cccc(F)c3)c2N)c2cnoc12. The minimum atomic E-state index is -0.515. The summed E-state index contributed by atoms with van der Waals surface area (Å²) in [4.78, 5) is 25.0. The lowest BCUT2D eigenvalue weighted by Crippen LogP contribution is -2.28. The Morgan fingerprint density at radius 1 is 1.09 bits per heavy atom. The highest BCUT2D eigenvalue weighted by Gasteiger charge is 2.16. The van der Waals surface area contributed by atoms with Crippen LogP contribution in [0.3, 0.4) is 0 Å². The molecule has 9 heteroatoms. The number of nitrogens with zero attached hydrogens (tertiary/aromatic N) is 1. The minimum Gasteiger partial charge on any atom is -0.397 e. The van der Waals surface area contributed by atoms with Crippen molar-refractivity contribution in [2.24, 2.45) is 0 Å². The number of rotatable bonds is 5. The molecule has 0 spiro atoms. The summed E-state index contributed by atoms with van der Waals surface area (Å²) in [6.45, 7) is 1.98. The highest BCUT2D eigenvalue weighted by Crippen LogP contribution is 2.26. The molecule has 3 aromatic carbocycles. The summed E-state index contributed by atoms with van der Waals surface area (Å²) in [5, 5.41) is 12.4. The van der Waals surface area contributed by atoms with Crippen molar-refractivity contribution in [1.82, 2.24) is 10.5 Å². The molecule has 0 aliphatic rings. The van der Waals surface area contributed by atoms with Crippen LogP contribution in [0.4, 0.5) is 26.2 Å².